The third-order valence-corrected chi connectivity index (χ3v) is 6.77. The molecule has 4 heterocycles. The van der Waals surface area contributed by atoms with E-state index in [1.165, 1.54) is 7.11 Å². The van der Waals surface area contributed by atoms with E-state index >= 15 is 0 Å². The van der Waals surface area contributed by atoms with E-state index in [0.29, 0.717) is 22.2 Å². The quantitative estimate of drug-likeness (QED) is 0.355. The number of nitrogens with one attached hydrogen (secondary N) is 2. The number of ether oxygens (including phenoxy) is 1. The molecule has 11 heteroatoms. The summed E-state index contributed by atoms with van der Waals surface area (Å²) in [5, 5.41) is 3.92. The highest BCUT2D eigenvalue weighted by Crippen LogP contribution is 2.43. The minimum absolute atomic E-state index is 0.266. The van der Waals surface area contributed by atoms with E-state index < -0.39 is 10.0 Å². The fourth-order valence-corrected chi connectivity index (χ4v) is 5.33. The molecule has 5 rings (SSSR count). The van der Waals surface area contributed by atoms with E-state index in [1.54, 1.807) is 30.7 Å². The number of hydrogen-bond acceptors (Lipinski definition) is 6. The second kappa shape index (κ2) is 9.59. The van der Waals surface area contributed by atoms with Gasteiger partial charge >= 0.3 is 0 Å². The number of methoxy groups -OCH3 is 1. The number of nitrogens with zero attached hydrogens (tertiary/aromatic N) is 4. The molecule has 3 aromatic heterocycles. The van der Waals surface area contributed by atoms with Crippen LogP contribution in [0.3, 0.4) is 0 Å². The van der Waals surface area contributed by atoms with Gasteiger partial charge in [-0.2, -0.15) is 0 Å². The zero-order chi connectivity index (χ0) is 25.3. The average molecular weight is 521 g/mol. The van der Waals surface area contributed by atoms with Gasteiger partial charge in [-0.15, -0.1) is 0 Å². The van der Waals surface area contributed by atoms with Gasteiger partial charge in [0.1, 0.15) is 11.8 Å². The Labute approximate surface area is 214 Å². The van der Waals surface area contributed by atoms with Crippen molar-refractivity contribution in [3.63, 3.8) is 0 Å². The molecular formula is C25H24N6O3S2. The highest BCUT2D eigenvalue weighted by Gasteiger charge is 2.42. The molecule has 0 amide bonds. The lowest BCUT2D eigenvalue weighted by molar-refractivity contribution is 0.417. The predicted molar refractivity (Wildman–Crippen MR) is 143 cm³/mol. The maximum Gasteiger partial charge on any atom is 0.229 e. The van der Waals surface area contributed by atoms with Gasteiger partial charge in [-0.05, 0) is 66.8 Å². The summed E-state index contributed by atoms with van der Waals surface area (Å²) in [4.78, 5) is 10.8. The van der Waals surface area contributed by atoms with Gasteiger partial charge in [-0.1, -0.05) is 6.07 Å². The first-order chi connectivity index (χ1) is 17.4. The van der Waals surface area contributed by atoms with Gasteiger partial charge in [-0.3, -0.25) is 14.7 Å². The Hall–Kier alpha value is -3.96. The molecule has 36 heavy (non-hydrogen) atoms. The fourth-order valence-electron chi connectivity index (χ4n) is 4.43. The summed E-state index contributed by atoms with van der Waals surface area (Å²) in [6, 6.07) is 18.4. The molecular weight excluding hydrogens is 496 g/mol. The molecule has 0 spiro atoms. The number of thiocarbonyl (C=S) groups is 1. The standard InChI is InChI=1S/C25H24N6O3S2/c1-34-22-11-10-17(15-20(22)29-36(2,32)33)31-24(23(28-25(31)35)19-8-3-4-13-27-19)21-9-6-14-30(21)18-7-5-12-26-16-18/h3-16,23-24,29H,1-2H3,(H,28,35)/t23-,24-/m1/s1. The van der Waals surface area contributed by atoms with Gasteiger partial charge in [0, 0.05) is 30.0 Å². The summed E-state index contributed by atoms with van der Waals surface area (Å²) >= 11 is 5.82. The van der Waals surface area contributed by atoms with Crippen LogP contribution >= 0.6 is 12.2 Å². The van der Waals surface area contributed by atoms with E-state index in [-0.39, 0.29) is 12.1 Å². The van der Waals surface area contributed by atoms with E-state index in [1.807, 2.05) is 59.6 Å². The largest absolute Gasteiger partial charge is 0.495 e. The Morgan fingerprint density at radius 1 is 1.06 bits per heavy atom. The van der Waals surface area contributed by atoms with Crippen LogP contribution in [0.25, 0.3) is 5.69 Å². The van der Waals surface area contributed by atoms with E-state index in [4.69, 9.17) is 17.0 Å². The van der Waals surface area contributed by atoms with Gasteiger partial charge < -0.3 is 19.5 Å². The van der Waals surface area contributed by atoms with Gasteiger partial charge in [0.15, 0.2) is 5.11 Å². The van der Waals surface area contributed by atoms with Crippen molar-refractivity contribution in [1.82, 2.24) is 19.9 Å². The summed E-state index contributed by atoms with van der Waals surface area (Å²) in [5.41, 5.74) is 3.71. The van der Waals surface area contributed by atoms with Crippen molar-refractivity contribution >= 4 is 38.7 Å². The van der Waals surface area contributed by atoms with Crippen molar-refractivity contribution in [3.05, 3.63) is 96.8 Å². The van der Waals surface area contributed by atoms with Crippen LogP contribution in [-0.2, 0) is 10.0 Å². The third kappa shape index (κ3) is 4.62. The van der Waals surface area contributed by atoms with Crippen LogP contribution in [0.4, 0.5) is 11.4 Å². The van der Waals surface area contributed by atoms with Crippen LogP contribution < -0.4 is 19.7 Å². The molecule has 0 bridgehead atoms. The van der Waals surface area contributed by atoms with Crippen molar-refractivity contribution in [1.29, 1.82) is 0 Å². The minimum atomic E-state index is -3.53. The van der Waals surface area contributed by atoms with Crippen molar-refractivity contribution in [2.24, 2.45) is 0 Å². The summed E-state index contributed by atoms with van der Waals surface area (Å²) in [6.07, 6.45) is 8.36. The van der Waals surface area contributed by atoms with Crippen molar-refractivity contribution < 1.29 is 13.2 Å². The highest BCUT2D eigenvalue weighted by molar-refractivity contribution is 7.92. The zero-order valence-electron chi connectivity index (χ0n) is 19.6. The molecule has 0 radical (unpaired) electrons. The number of anilines is 2. The van der Waals surface area contributed by atoms with E-state index in [2.05, 4.69) is 24.6 Å². The van der Waals surface area contributed by atoms with Crippen LogP contribution in [-0.4, -0.2) is 41.4 Å². The molecule has 1 aromatic carbocycles. The first kappa shape index (κ1) is 23.8. The lowest BCUT2D eigenvalue weighted by Gasteiger charge is -2.29. The van der Waals surface area contributed by atoms with Crippen molar-refractivity contribution in [2.75, 3.05) is 23.0 Å². The van der Waals surface area contributed by atoms with E-state index in [9.17, 15) is 8.42 Å². The molecule has 0 unspecified atom stereocenters. The van der Waals surface area contributed by atoms with Gasteiger partial charge in [0.2, 0.25) is 10.0 Å². The van der Waals surface area contributed by atoms with Gasteiger partial charge in [0.25, 0.3) is 0 Å². The average Bonchev–Trinajstić information content (AvgIpc) is 3.48. The molecule has 0 aliphatic carbocycles. The van der Waals surface area contributed by atoms with Crippen LogP contribution in [0.5, 0.6) is 5.75 Å². The molecule has 184 valence electrons. The monoisotopic (exact) mass is 520 g/mol. The van der Waals surface area contributed by atoms with Crippen LogP contribution in [0, 0.1) is 0 Å². The molecule has 2 N–H and O–H groups in total. The number of sulfonamides is 1. The maximum atomic E-state index is 12.0. The topological polar surface area (TPSA) is 101 Å². The van der Waals surface area contributed by atoms with Crippen LogP contribution in [0.2, 0.25) is 0 Å². The molecule has 4 aromatic rings. The van der Waals surface area contributed by atoms with Crippen LogP contribution in [0.1, 0.15) is 23.5 Å². The Bertz CT molecular complexity index is 1490. The second-order valence-electron chi connectivity index (χ2n) is 8.27. The third-order valence-electron chi connectivity index (χ3n) is 5.86. The lowest BCUT2D eigenvalue weighted by atomic mass is 10.0. The Morgan fingerprint density at radius 3 is 2.61 bits per heavy atom. The maximum absolute atomic E-state index is 12.0. The SMILES string of the molecule is COc1ccc(N2C(=S)N[C@H](c3ccccn3)[C@H]2c2cccn2-c2cccnc2)cc1NS(C)(=O)=O. The number of rotatable bonds is 7. The van der Waals surface area contributed by atoms with Crippen molar-refractivity contribution in [3.8, 4) is 11.4 Å². The number of hydrogen-bond donors (Lipinski definition) is 2. The molecule has 2 atom stereocenters. The van der Waals surface area contributed by atoms with Gasteiger partial charge in [0.05, 0.1) is 42.7 Å². The summed E-state index contributed by atoms with van der Waals surface area (Å²) < 4.78 is 34.0. The zero-order valence-corrected chi connectivity index (χ0v) is 21.2. The number of aromatic nitrogens is 3. The molecule has 1 fully saturated rings. The Kier molecular flexibility index (Phi) is 6.33. The van der Waals surface area contributed by atoms with Crippen molar-refractivity contribution in [2.45, 2.75) is 12.1 Å². The molecule has 9 nitrogen and oxygen atoms in total. The number of pyridine rings is 2. The summed E-state index contributed by atoms with van der Waals surface area (Å²) in [7, 11) is -2.04. The normalized spacial score (nSPS) is 17.6. The molecule has 1 saturated heterocycles. The number of benzene rings is 1. The lowest BCUT2D eigenvalue weighted by Crippen LogP contribution is -2.30. The molecule has 1 aliphatic rings. The highest BCUT2D eigenvalue weighted by atomic mass is 32.2. The van der Waals surface area contributed by atoms with Crippen LogP contribution in [0.15, 0.2) is 85.5 Å². The molecule has 0 saturated carbocycles. The second-order valence-corrected chi connectivity index (χ2v) is 10.4. The molecule has 1 aliphatic heterocycles. The Morgan fingerprint density at radius 2 is 1.92 bits per heavy atom. The Balaban J connectivity index is 1.67. The fraction of sp³-hybridized carbons (Fsp3) is 0.160. The minimum Gasteiger partial charge on any atom is -0.495 e. The first-order valence-electron chi connectivity index (χ1n) is 11.1. The van der Waals surface area contributed by atoms with E-state index in [0.717, 1.165) is 23.3 Å². The summed E-state index contributed by atoms with van der Waals surface area (Å²) in [5.74, 6) is 0.402. The predicted octanol–water partition coefficient (Wildman–Crippen LogP) is 3.82. The summed E-state index contributed by atoms with van der Waals surface area (Å²) in [6.45, 7) is 0. The smallest absolute Gasteiger partial charge is 0.229 e. The first-order valence-corrected chi connectivity index (χ1v) is 13.4. The van der Waals surface area contributed by atoms with Gasteiger partial charge in [-0.25, -0.2) is 8.42 Å².